The first-order valence-corrected chi connectivity index (χ1v) is 9.53. The molecule has 1 saturated carbocycles. The van der Waals surface area contributed by atoms with Gasteiger partial charge >= 0.3 is 0 Å². The maximum atomic E-state index is 12.2. The van der Waals surface area contributed by atoms with Gasteiger partial charge in [-0.25, -0.2) is 8.42 Å². The Bertz CT molecular complexity index is 655. The molecule has 0 aliphatic heterocycles. The van der Waals surface area contributed by atoms with Crippen LogP contribution in [0.3, 0.4) is 0 Å². The SMILES string of the molecule is Cc1ccc(Cl)cc1NC(=O)CN(C1CCCC1)S(C)(=O)=O. The van der Waals surface area contributed by atoms with Crippen molar-refractivity contribution in [2.75, 3.05) is 18.1 Å². The van der Waals surface area contributed by atoms with E-state index >= 15 is 0 Å². The van der Waals surface area contributed by atoms with Crippen LogP contribution in [0.15, 0.2) is 18.2 Å². The lowest BCUT2D eigenvalue weighted by molar-refractivity contribution is -0.116. The molecule has 0 radical (unpaired) electrons. The highest BCUT2D eigenvalue weighted by Gasteiger charge is 2.30. The fourth-order valence-corrected chi connectivity index (χ4v) is 4.05. The van der Waals surface area contributed by atoms with Gasteiger partial charge in [0.1, 0.15) is 0 Å². The maximum absolute atomic E-state index is 12.2. The Hall–Kier alpha value is -1.11. The number of sulfonamides is 1. The topological polar surface area (TPSA) is 66.5 Å². The lowest BCUT2D eigenvalue weighted by Gasteiger charge is -2.25. The summed E-state index contributed by atoms with van der Waals surface area (Å²) in [6.45, 7) is 1.70. The van der Waals surface area contributed by atoms with E-state index in [9.17, 15) is 13.2 Å². The quantitative estimate of drug-likeness (QED) is 0.893. The van der Waals surface area contributed by atoms with Gasteiger partial charge in [0.2, 0.25) is 15.9 Å². The second-order valence-corrected chi connectivity index (χ2v) is 8.13. The lowest BCUT2D eigenvalue weighted by Crippen LogP contribution is -2.43. The average molecular weight is 345 g/mol. The Morgan fingerprint density at radius 1 is 1.36 bits per heavy atom. The molecule has 1 aliphatic carbocycles. The third kappa shape index (κ3) is 4.44. The Kier molecular flexibility index (Phi) is 5.47. The van der Waals surface area contributed by atoms with E-state index in [0.717, 1.165) is 37.5 Å². The normalized spacial score (nSPS) is 16.2. The molecule has 122 valence electrons. The molecule has 1 aliphatic rings. The van der Waals surface area contributed by atoms with Crippen LogP contribution in [0, 0.1) is 6.92 Å². The fourth-order valence-electron chi connectivity index (χ4n) is 2.77. The van der Waals surface area contributed by atoms with Crippen LogP contribution >= 0.6 is 11.6 Å². The second-order valence-electron chi connectivity index (χ2n) is 5.75. The summed E-state index contributed by atoms with van der Waals surface area (Å²) in [6, 6.07) is 5.15. The predicted molar refractivity (Wildman–Crippen MR) is 88.6 cm³/mol. The smallest absolute Gasteiger partial charge is 0.239 e. The first kappa shape index (κ1) is 17.2. The number of amides is 1. The first-order valence-electron chi connectivity index (χ1n) is 7.30. The Labute approximate surface area is 136 Å². The molecular formula is C15H21ClN2O3S. The lowest BCUT2D eigenvalue weighted by atomic mass is 10.2. The highest BCUT2D eigenvalue weighted by molar-refractivity contribution is 7.88. The van der Waals surface area contributed by atoms with Crippen molar-refractivity contribution in [1.82, 2.24) is 4.31 Å². The van der Waals surface area contributed by atoms with Gasteiger partial charge < -0.3 is 5.32 Å². The van der Waals surface area contributed by atoms with E-state index < -0.39 is 10.0 Å². The summed E-state index contributed by atoms with van der Waals surface area (Å²) in [6.07, 6.45) is 4.80. The zero-order chi connectivity index (χ0) is 16.3. The molecule has 0 atom stereocenters. The molecule has 0 spiro atoms. The number of nitrogens with one attached hydrogen (secondary N) is 1. The number of anilines is 1. The zero-order valence-corrected chi connectivity index (χ0v) is 14.4. The largest absolute Gasteiger partial charge is 0.325 e. The highest BCUT2D eigenvalue weighted by Crippen LogP contribution is 2.25. The van der Waals surface area contributed by atoms with E-state index in [1.165, 1.54) is 4.31 Å². The summed E-state index contributed by atoms with van der Waals surface area (Å²) in [5, 5.41) is 3.27. The van der Waals surface area contributed by atoms with E-state index in [1.807, 2.05) is 13.0 Å². The van der Waals surface area contributed by atoms with E-state index in [1.54, 1.807) is 12.1 Å². The molecule has 0 heterocycles. The molecule has 0 unspecified atom stereocenters. The molecule has 0 bridgehead atoms. The Morgan fingerprint density at radius 3 is 2.59 bits per heavy atom. The monoisotopic (exact) mass is 344 g/mol. The maximum Gasteiger partial charge on any atom is 0.239 e. The molecule has 1 aromatic rings. The van der Waals surface area contributed by atoms with Gasteiger partial charge in [-0.15, -0.1) is 0 Å². The molecule has 5 nitrogen and oxygen atoms in total. The number of nitrogens with zero attached hydrogens (tertiary/aromatic N) is 1. The summed E-state index contributed by atoms with van der Waals surface area (Å²) in [7, 11) is -3.41. The molecule has 1 aromatic carbocycles. The van der Waals surface area contributed by atoms with Crippen LogP contribution in [0.2, 0.25) is 5.02 Å². The summed E-state index contributed by atoms with van der Waals surface area (Å²) in [5.74, 6) is -0.345. The number of hydrogen-bond acceptors (Lipinski definition) is 3. The van der Waals surface area contributed by atoms with Crippen molar-refractivity contribution in [2.24, 2.45) is 0 Å². The van der Waals surface area contributed by atoms with E-state index in [0.29, 0.717) is 10.7 Å². The molecule has 1 N–H and O–H groups in total. The summed E-state index contributed by atoms with van der Waals surface area (Å²) < 4.78 is 25.2. The molecule has 1 amide bonds. The van der Waals surface area contributed by atoms with E-state index in [-0.39, 0.29) is 18.5 Å². The van der Waals surface area contributed by atoms with Crippen molar-refractivity contribution in [2.45, 2.75) is 38.6 Å². The molecule has 2 rings (SSSR count). The molecule has 1 fully saturated rings. The average Bonchev–Trinajstić information content (AvgIpc) is 2.92. The Morgan fingerprint density at radius 2 is 2.00 bits per heavy atom. The number of carbonyl (C=O) groups excluding carboxylic acids is 1. The molecule has 7 heteroatoms. The van der Waals surface area contributed by atoms with Crippen LogP contribution in [-0.2, 0) is 14.8 Å². The number of carbonyl (C=O) groups is 1. The van der Waals surface area contributed by atoms with Crippen LogP contribution in [0.5, 0.6) is 0 Å². The molecule has 0 aromatic heterocycles. The van der Waals surface area contributed by atoms with Gasteiger partial charge in [-0.2, -0.15) is 4.31 Å². The van der Waals surface area contributed by atoms with Crippen molar-refractivity contribution in [3.63, 3.8) is 0 Å². The number of rotatable bonds is 5. The minimum Gasteiger partial charge on any atom is -0.325 e. The first-order chi connectivity index (χ1) is 10.3. The van der Waals surface area contributed by atoms with Crippen LogP contribution < -0.4 is 5.32 Å². The van der Waals surface area contributed by atoms with Crippen molar-refractivity contribution in [1.29, 1.82) is 0 Å². The summed E-state index contributed by atoms with van der Waals surface area (Å²) in [5.41, 5.74) is 1.49. The number of aryl methyl sites for hydroxylation is 1. The number of hydrogen-bond donors (Lipinski definition) is 1. The summed E-state index contributed by atoms with van der Waals surface area (Å²) >= 11 is 5.92. The van der Waals surface area contributed by atoms with E-state index in [2.05, 4.69) is 5.32 Å². The van der Waals surface area contributed by atoms with Gasteiger partial charge in [-0.3, -0.25) is 4.79 Å². The van der Waals surface area contributed by atoms with Crippen LogP contribution in [0.1, 0.15) is 31.2 Å². The second kappa shape index (κ2) is 6.98. The third-order valence-corrected chi connectivity index (χ3v) is 5.45. The molecule has 0 saturated heterocycles. The third-order valence-electron chi connectivity index (χ3n) is 3.93. The van der Waals surface area contributed by atoms with E-state index in [4.69, 9.17) is 11.6 Å². The summed E-state index contributed by atoms with van der Waals surface area (Å²) in [4.78, 5) is 12.2. The van der Waals surface area contributed by atoms with Crippen molar-refractivity contribution in [3.05, 3.63) is 28.8 Å². The van der Waals surface area contributed by atoms with Gasteiger partial charge in [0.15, 0.2) is 0 Å². The standard InChI is InChI=1S/C15H21ClN2O3S/c1-11-7-8-12(16)9-14(11)17-15(19)10-18(22(2,20)21)13-5-3-4-6-13/h7-9,13H,3-6,10H2,1-2H3,(H,17,19). The number of halogens is 1. The highest BCUT2D eigenvalue weighted by atomic mass is 35.5. The van der Waals surface area contributed by atoms with Crippen LogP contribution in [-0.4, -0.2) is 37.5 Å². The molecule has 22 heavy (non-hydrogen) atoms. The van der Waals surface area contributed by atoms with Crippen LogP contribution in [0.4, 0.5) is 5.69 Å². The van der Waals surface area contributed by atoms with Gasteiger partial charge in [-0.1, -0.05) is 30.5 Å². The predicted octanol–water partition coefficient (Wildman–Crippen LogP) is 2.79. The minimum absolute atomic E-state index is 0.0683. The van der Waals surface area contributed by atoms with Gasteiger partial charge in [0.25, 0.3) is 0 Å². The van der Waals surface area contributed by atoms with Crippen molar-refractivity contribution >= 4 is 33.2 Å². The minimum atomic E-state index is -3.41. The van der Waals surface area contributed by atoms with Crippen molar-refractivity contribution in [3.8, 4) is 0 Å². The molecular weight excluding hydrogens is 324 g/mol. The van der Waals surface area contributed by atoms with Gasteiger partial charge in [-0.05, 0) is 37.5 Å². The Balaban J connectivity index is 2.09. The fraction of sp³-hybridized carbons (Fsp3) is 0.533. The van der Waals surface area contributed by atoms with Crippen molar-refractivity contribution < 1.29 is 13.2 Å². The van der Waals surface area contributed by atoms with Gasteiger partial charge in [0.05, 0.1) is 12.8 Å². The van der Waals surface area contributed by atoms with Gasteiger partial charge in [0, 0.05) is 16.8 Å². The number of benzene rings is 1. The zero-order valence-electron chi connectivity index (χ0n) is 12.8. The van der Waals surface area contributed by atoms with Crippen LogP contribution in [0.25, 0.3) is 0 Å².